The molecule has 18 heavy (non-hydrogen) atoms. The summed E-state index contributed by atoms with van der Waals surface area (Å²) >= 11 is 1.67. The molecule has 2 N–H and O–H groups in total. The molecular weight excluding hydrogens is 246 g/mol. The molecule has 0 saturated carbocycles. The van der Waals surface area contributed by atoms with Crippen molar-refractivity contribution in [3.8, 4) is 0 Å². The number of thioether (sulfide) groups is 1. The lowest BCUT2D eigenvalue weighted by Gasteiger charge is -2.04. The molecule has 96 valence electrons. The number of benzene rings is 1. The third kappa shape index (κ3) is 3.04. The number of aromatic nitrogens is 2. The lowest BCUT2D eigenvalue weighted by Crippen LogP contribution is -1.90. The van der Waals surface area contributed by atoms with Crippen LogP contribution in [-0.2, 0) is 5.75 Å². The molecule has 1 aromatic carbocycles. The van der Waals surface area contributed by atoms with Crippen molar-refractivity contribution < 1.29 is 4.52 Å². The van der Waals surface area contributed by atoms with Crippen molar-refractivity contribution in [2.75, 3.05) is 5.73 Å². The lowest BCUT2D eigenvalue weighted by molar-refractivity contribution is 0.362. The highest BCUT2D eigenvalue weighted by atomic mass is 32.2. The van der Waals surface area contributed by atoms with E-state index in [1.165, 1.54) is 5.56 Å². The topological polar surface area (TPSA) is 64.9 Å². The molecule has 0 aliphatic rings. The number of anilines is 1. The maximum absolute atomic E-state index is 5.78. The van der Waals surface area contributed by atoms with E-state index >= 15 is 0 Å². The number of nitrogen functional groups attached to an aromatic ring is 1. The zero-order valence-corrected chi connectivity index (χ0v) is 11.6. The van der Waals surface area contributed by atoms with Crippen LogP contribution in [0, 0.1) is 6.92 Å². The van der Waals surface area contributed by atoms with Crippen LogP contribution in [0.1, 0.15) is 37.0 Å². The minimum Gasteiger partial charge on any atom is -0.399 e. The normalized spacial score (nSPS) is 11.1. The first kappa shape index (κ1) is 13.0. The number of hydrogen-bond acceptors (Lipinski definition) is 5. The summed E-state index contributed by atoms with van der Waals surface area (Å²) in [4.78, 5) is 5.51. The Morgan fingerprint density at radius 2 is 2.17 bits per heavy atom. The van der Waals surface area contributed by atoms with Gasteiger partial charge in [0.25, 0.3) is 0 Å². The standard InChI is InChI=1S/C13H17N3OS/c1-8(2)13-15-12(16-17-13)7-18-11-6-10(14)5-4-9(11)3/h4-6,8H,7,14H2,1-3H3. The van der Waals surface area contributed by atoms with Crippen molar-refractivity contribution in [3.05, 3.63) is 35.5 Å². The van der Waals surface area contributed by atoms with Crippen LogP contribution in [0.25, 0.3) is 0 Å². The molecule has 0 aliphatic heterocycles. The van der Waals surface area contributed by atoms with E-state index < -0.39 is 0 Å². The monoisotopic (exact) mass is 263 g/mol. The van der Waals surface area contributed by atoms with Crippen LogP contribution in [0.3, 0.4) is 0 Å². The van der Waals surface area contributed by atoms with Gasteiger partial charge in [0.1, 0.15) is 0 Å². The van der Waals surface area contributed by atoms with Gasteiger partial charge >= 0.3 is 0 Å². The summed E-state index contributed by atoms with van der Waals surface area (Å²) in [5.41, 5.74) is 7.76. The molecule has 0 atom stereocenters. The second-order valence-electron chi connectivity index (χ2n) is 4.52. The summed E-state index contributed by atoms with van der Waals surface area (Å²) in [6, 6.07) is 5.90. The molecule has 1 aromatic heterocycles. The molecule has 0 bridgehead atoms. The molecule has 0 unspecified atom stereocenters. The van der Waals surface area contributed by atoms with Crippen LogP contribution in [0.4, 0.5) is 5.69 Å². The summed E-state index contributed by atoms with van der Waals surface area (Å²) in [7, 11) is 0. The van der Waals surface area contributed by atoms with Gasteiger partial charge < -0.3 is 10.3 Å². The summed E-state index contributed by atoms with van der Waals surface area (Å²) in [6.07, 6.45) is 0. The zero-order chi connectivity index (χ0) is 13.1. The lowest BCUT2D eigenvalue weighted by atomic mass is 10.2. The van der Waals surface area contributed by atoms with E-state index in [2.05, 4.69) is 17.1 Å². The number of nitrogens with two attached hydrogens (primary N) is 1. The van der Waals surface area contributed by atoms with Gasteiger partial charge in [-0.15, -0.1) is 11.8 Å². The molecule has 0 saturated heterocycles. The molecule has 0 aliphatic carbocycles. The molecule has 5 heteroatoms. The zero-order valence-electron chi connectivity index (χ0n) is 10.8. The number of rotatable bonds is 4. The van der Waals surface area contributed by atoms with Gasteiger partial charge in [-0.1, -0.05) is 25.1 Å². The number of aryl methyl sites for hydroxylation is 1. The first-order valence-electron chi connectivity index (χ1n) is 5.87. The predicted octanol–water partition coefficient (Wildman–Crippen LogP) is 3.38. The summed E-state index contributed by atoms with van der Waals surface area (Å²) in [6.45, 7) is 6.14. The Balaban J connectivity index is 2.04. The molecule has 2 aromatic rings. The molecule has 4 nitrogen and oxygen atoms in total. The van der Waals surface area contributed by atoms with Gasteiger partial charge in [-0.05, 0) is 24.6 Å². The highest BCUT2D eigenvalue weighted by Crippen LogP contribution is 2.27. The Kier molecular flexibility index (Phi) is 3.91. The second kappa shape index (κ2) is 5.44. The van der Waals surface area contributed by atoms with E-state index in [0.717, 1.165) is 16.4 Å². The Hall–Kier alpha value is -1.49. The molecule has 0 spiro atoms. The van der Waals surface area contributed by atoms with E-state index in [4.69, 9.17) is 10.3 Å². The first-order chi connectivity index (χ1) is 8.56. The molecule has 0 amide bonds. The van der Waals surface area contributed by atoms with Crippen LogP contribution < -0.4 is 5.73 Å². The first-order valence-corrected chi connectivity index (χ1v) is 6.86. The van der Waals surface area contributed by atoms with Gasteiger partial charge in [0, 0.05) is 16.5 Å². The SMILES string of the molecule is Cc1ccc(N)cc1SCc1noc(C(C)C)n1. The van der Waals surface area contributed by atoms with Crippen LogP contribution in [-0.4, -0.2) is 10.1 Å². The minimum absolute atomic E-state index is 0.269. The van der Waals surface area contributed by atoms with E-state index in [1.807, 2.05) is 32.0 Å². The average molecular weight is 263 g/mol. The maximum Gasteiger partial charge on any atom is 0.229 e. The fourth-order valence-electron chi connectivity index (χ4n) is 1.48. The summed E-state index contributed by atoms with van der Waals surface area (Å²) < 4.78 is 5.17. The van der Waals surface area contributed by atoms with E-state index in [0.29, 0.717) is 11.6 Å². The van der Waals surface area contributed by atoms with Crippen molar-refractivity contribution in [1.82, 2.24) is 10.1 Å². The van der Waals surface area contributed by atoms with Gasteiger partial charge in [-0.25, -0.2) is 0 Å². The van der Waals surface area contributed by atoms with Gasteiger partial charge in [0.05, 0.1) is 5.75 Å². The molecule has 0 radical (unpaired) electrons. The Morgan fingerprint density at radius 1 is 1.39 bits per heavy atom. The average Bonchev–Trinajstić information content (AvgIpc) is 2.79. The fourth-order valence-corrected chi connectivity index (χ4v) is 2.39. The van der Waals surface area contributed by atoms with Crippen LogP contribution in [0.15, 0.2) is 27.6 Å². The van der Waals surface area contributed by atoms with Crippen molar-refractivity contribution in [2.45, 2.75) is 37.3 Å². The van der Waals surface area contributed by atoms with Crippen LogP contribution in [0.5, 0.6) is 0 Å². The summed E-state index contributed by atoms with van der Waals surface area (Å²) in [5, 5.41) is 3.97. The summed E-state index contributed by atoms with van der Waals surface area (Å²) in [5.74, 6) is 2.38. The van der Waals surface area contributed by atoms with Crippen molar-refractivity contribution in [3.63, 3.8) is 0 Å². The Bertz CT molecular complexity index is 537. The van der Waals surface area contributed by atoms with Crippen LogP contribution in [0.2, 0.25) is 0 Å². The second-order valence-corrected chi connectivity index (χ2v) is 5.53. The van der Waals surface area contributed by atoms with E-state index in [1.54, 1.807) is 11.8 Å². The molecular formula is C13H17N3OS. The third-order valence-corrected chi connectivity index (χ3v) is 3.70. The van der Waals surface area contributed by atoms with Crippen molar-refractivity contribution in [1.29, 1.82) is 0 Å². The van der Waals surface area contributed by atoms with E-state index in [9.17, 15) is 0 Å². The van der Waals surface area contributed by atoms with Gasteiger partial charge in [0.2, 0.25) is 5.89 Å². The molecule has 2 rings (SSSR count). The highest BCUT2D eigenvalue weighted by molar-refractivity contribution is 7.98. The van der Waals surface area contributed by atoms with Gasteiger partial charge in [-0.2, -0.15) is 4.98 Å². The minimum atomic E-state index is 0.269. The smallest absolute Gasteiger partial charge is 0.229 e. The quantitative estimate of drug-likeness (QED) is 0.676. The number of hydrogen-bond donors (Lipinski definition) is 1. The fraction of sp³-hybridized carbons (Fsp3) is 0.385. The van der Waals surface area contributed by atoms with Crippen molar-refractivity contribution in [2.24, 2.45) is 0 Å². The largest absolute Gasteiger partial charge is 0.399 e. The predicted molar refractivity (Wildman–Crippen MR) is 73.5 cm³/mol. The molecule has 1 heterocycles. The van der Waals surface area contributed by atoms with Crippen molar-refractivity contribution >= 4 is 17.4 Å². The Labute approximate surface area is 111 Å². The highest BCUT2D eigenvalue weighted by Gasteiger charge is 2.10. The van der Waals surface area contributed by atoms with Crippen LogP contribution >= 0.6 is 11.8 Å². The molecule has 0 fully saturated rings. The van der Waals surface area contributed by atoms with E-state index in [-0.39, 0.29) is 5.92 Å². The maximum atomic E-state index is 5.78. The third-order valence-electron chi connectivity index (χ3n) is 2.55. The number of nitrogens with zero attached hydrogens (tertiary/aromatic N) is 2. The van der Waals surface area contributed by atoms with Gasteiger partial charge in [0.15, 0.2) is 5.82 Å². The Morgan fingerprint density at radius 3 is 2.83 bits per heavy atom. The van der Waals surface area contributed by atoms with Gasteiger partial charge in [-0.3, -0.25) is 0 Å².